The highest BCUT2D eigenvalue weighted by molar-refractivity contribution is 7.91. The normalized spacial score (nSPS) is 18.8. The van der Waals surface area contributed by atoms with Crippen molar-refractivity contribution in [3.05, 3.63) is 52.1 Å². The molecule has 3 aromatic rings. The Bertz CT molecular complexity index is 1470. The van der Waals surface area contributed by atoms with Crippen molar-refractivity contribution in [2.24, 2.45) is 0 Å². The summed E-state index contributed by atoms with van der Waals surface area (Å²) >= 11 is 0.862. The van der Waals surface area contributed by atoms with Gasteiger partial charge in [-0.2, -0.15) is 17.5 Å². The van der Waals surface area contributed by atoms with E-state index in [1.165, 1.54) is 28.6 Å². The number of rotatable bonds is 6. The molecule has 14 heteroatoms. The van der Waals surface area contributed by atoms with Crippen LogP contribution in [-0.2, 0) is 27.5 Å². The Morgan fingerprint density at radius 2 is 1.68 bits per heavy atom. The number of halogens is 3. The van der Waals surface area contributed by atoms with Crippen molar-refractivity contribution >= 4 is 31.6 Å². The van der Waals surface area contributed by atoms with E-state index in [4.69, 9.17) is 4.74 Å². The summed E-state index contributed by atoms with van der Waals surface area (Å²) in [4.78, 5) is 22.9. The molecule has 1 aromatic carbocycles. The molecule has 0 spiro atoms. The quantitative estimate of drug-likeness (QED) is 0.450. The molecule has 0 radical (unpaired) electrons. The van der Waals surface area contributed by atoms with Gasteiger partial charge in [-0.3, -0.25) is 14.3 Å². The lowest BCUT2D eigenvalue weighted by Crippen LogP contribution is -2.46. The minimum atomic E-state index is -4.70. The number of fused-ring (bicyclic) bond motifs is 1. The molecule has 0 atom stereocenters. The molecule has 2 aliphatic heterocycles. The maximum Gasteiger partial charge on any atom is 0.418 e. The molecular weight excluding hydrogens is 543 g/mol. The van der Waals surface area contributed by atoms with E-state index in [0.717, 1.165) is 41.6 Å². The standard InChI is InChI=1S/C24H28F3N5O4S2/c1-2-29-7-9-30(10-8-29)16-20-28-22-17(15-21(37-22)38(34,35)31-11-13-36-14-12-31)23(33)32(20)19-6-4-3-5-18(19)24(25,26)27/h3-6,15H,2,7-14,16H2,1H3. The fourth-order valence-electron chi connectivity index (χ4n) is 4.77. The molecule has 38 heavy (non-hydrogen) atoms. The summed E-state index contributed by atoms with van der Waals surface area (Å²) in [6.07, 6.45) is -4.70. The number of nitrogens with zero attached hydrogens (tertiary/aromatic N) is 5. The van der Waals surface area contributed by atoms with Crippen LogP contribution in [-0.4, -0.2) is 91.1 Å². The van der Waals surface area contributed by atoms with Crippen LogP contribution >= 0.6 is 11.3 Å². The first-order chi connectivity index (χ1) is 18.1. The van der Waals surface area contributed by atoms with Crippen LogP contribution in [0.25, 0.3) is 15.9 Å². The molecule has 0 bridgehead atoms. The molecule has 2 fully saturated rings. The Kier molecular flexibility index (Phi) is 7.64. The van der Waals surface area contributed by atoms with Crippen LogP contribution in [0.3, 0.4) is 0 Å². The first-order valence-corrected chi connectivity index (χ1v) is 14.6. The molecule has 2 saturated heterocycles. The number of alkyl halides is 3. The number of benzene rings is 1. The number of ether oxygens (including phenoxy) is 1. The van der Waals surface area contributed by atoms with Gasteiger partial charge < -0.3 is 9.64 Å². The Morgan fingerprint density at radius 1 is 1.03 bits per heavy atom. The highest BCUT2D eigenvalue weighted by Crippen LogP contribution is 2.35. The van der Waals surface area contributed by atoms with Gasteiger partial charge in [0.15, 0.2) is 0 Å². The third kappa shape index (κ3) is 5.25. The molecule has 2 aliphatic rings. The third-order valence-corrected chi connectivity index (χ3v) is 10.3. The van der Waals surface area contributed by atoms with E-state index in [1.54, 1.807) is 0 Å². The van der Waals surface area contributed by atoms with Crippen molar-refractivity contribution in [3.63, 3.8) is 0 Å². The lowest BCUT2D eigenvalue weighted by Gasteiger charge is -2.34. The second-order valence-electron chi connectivity index (χ2n) is 9.19. The van der Waals surface area contributed by atoms with Crippen molar-refractivity contribution in [1.82, 2.24) is 23.7 Å². The molecule has 4 heterocycles. The zero-order valence-corrected chi connectivity index (χ0v) is 22.4. The second-order valence-corrected chi connectivity index (χ2v) is 12.4. The van der Waals surface area contributed by atoms with Crippen molar-refractivity contribution in [3.8, 4) is 5.69 Å². The van der Waals surface area contributed by atoms with E-state index in [9.17, 15) is 26.4 Å². The molecule has 0 saturated carbocycles. The highest BCUT2D eigenvalue weighted by Gasteiger charge is 2.35. The molecule has 2 aromatic heterocycles. The molecule has 0 amide bonds. The number of thiophene rings is 1. The lowest BCUT2D eigenvalue weighted by molar-refractivity contribution is -0.137. The highest BCUT2D eigenvalue weighted by atomic mass is 32.2. The number of para-hydroxylation sites is 1. The summed E-state index contributed by atoms with van der Waals surface area (Å²) in [5, 5.41) is -0.0293. The van der Waals surface area contributed by atoms with Crippen LogP contribution < -0.4 is 5.56 Å². The number of likely N-dealkylation sites (N-methyl/N-ethyl adjacent to an activating group) is 1. The third-order valence-electron chi connectivity index (χ3n) is 6.90. The summed E-state index contributed by atoms with van der Waals surface area (Å²) in [5.41, 5.74) is -2.02. The van der Waals surface area contributed by atoms with Crippen LogP contribution in [0.2, 0.25) is 0 Å². The monoisotopic (exact) mass is 571 g/mol. The molecular formula is C24H28F3N5O4S2. The fraction of sp³-hybridized carbons (Fsp3) is 0.500. The molecule has 0 unspecified atom stereocenters. The van der Waals surface area contributed by atoms with E-state index in [0.29, 0.717) is 13.1 Å². The van der Waals surface area contributed by atoms with Gasteiger partial charge in [-0.05, 0) is 24.7 Å². The van der Waals surface area contributed by atoms with Gasteiger partial charge in [-0.1, -0.05) is 19.1 Å². The minimum Gasteiger partial charge on any atom is -0.379 e. The topological polar surface area (TPSA) is 88.0 Å². The number of hydrogen-bond donors (Lipinski definition) is 0. The van der Waals surface area contributed by atoms with Gasteiger partial charge >= 0.3 is 6.18 Å². The summed E-state index contributed by atoms with van der Waals surface area (Å²) in [5.74, 6) is 0.140. The largest absolute Gasteiger partial charge is 0.418 e. The summed E-state index contributed by atoms with van der Waals surface area (Å²) < 4.78 is 75.9. The predicted octanol–water partition coefficient (Wildman–Crippen LogP) is 2.62. The average Bonchev–Trinajstić information content (AvgIpc) is 3.35. The number of aromatic nitrogens is 2. The van der Waals surface area contributed by atoms with Crippen LogP contribution in [0.5, 0.6) is 0 Å². The summed E-state index contributed by atoms with van der Waals surface area (Å²) in [6.45, 7) is 6.94. The first kappa shape index (κ1) is 27.2. The van der Waals surface area contributed by atoms with Gasteiger partial charge in [0.2, 0.25) is 0 Å². The van der Waals surface area contributed by atoms with Crippen molar-refractivity contribution < 1.29 is 26.3 Å². The lowest BCUT2D eigenvalue weighted by atomic mass is 10.1. The van der Waals surface area contributed by atoms with Crippen LogP contribution in [0.15, 0.2) is 39.3 Å². The number of sulfonamides is 1. The van der Waals surface area contributed by atoms with E-state index in [1.807, 2.05) is 4.90 Å². The van der Waals surface area contributed by atoms with Crippen LogP contribution in [0.4, 0.5) is 13.2 Å². The van der Waals surface area contributed by atoms with Crippen molar-refractivity contribution in [2.45, 2.75) is 23.9 Å². The minimum absolute atomic E-state index is 0.0293. The van der Waals surface area contributed by atoms with Gasteiger partial charge in [0, 0.05) is 39.3 Å². The van der Waals surface area contributed by atoms with Gasteiger partial charge in [-0.25, -0.2) is 13.4 Å². The maximum atomic E-state index is 14.0. The Morgan fingerprint density at radius 3 is 2.34 bits per heavy atom. The molecule has 206 valence electrons. The van der Waals surface area contributed by atoms with Gasteiger partial charge in [0.05, 0.1) is 36.4 Å². The van der Waals surface area contributed by atoms with Gasteiger partial charge in [0.25, 0.3) is 15.6 Å². The van der Waals surface area contributed by atoms with E-state index in [2.05, 4.69) is 16.8 Å². The summed E-state index contributed by atoms with van der Waals surface area (Å²) in [6, 6.07) is 6.11. The fourth-order valence-corrected chi connectivity index (χ4v) is 7.67. The maximum absolute atomic E-state index is 14.0. The van der Waals surface area contributed by atoms with E-state index < -0.39 is 27.3 Å². The number of piperazine rings is 1. The molecule has 5 rings (SSSR count). The van der Waals surface area contributed by atoms with E-state index >= 15 is 0 Å². The Balaban J connectivity index is 1.65. The summed E-state index contributed by atoms with van der Waals surface area (Å²) in [7, 11) is -3.91. The smallest absolute Gasteiger partial charge is 0.379 e. The average molecular weight is 572 g/mol. The zero-order valence-electron chi connectivity index (χ0n) is 20.8. The van der Waals surface area contributed by atoms with Gasteiger partial charge in [-0.15, -0.1) is 11.3 Å². The Labute approximate surface area is 222 Å². The molecule has 0 aliphatic carbocycles. The van der Waals surface area contributed by atoms with Crippen molar-refractivity contribution in [2.75, 3.05) is 59.0 Å². The molecule has 9 nitrogen and oxygen atoms in total. The number of hydrogen-bond acceptors (Lipinski definition) is 8. The van der Waals surface area contributed by atoms with Gasteiger partial charge in [0.1, 0.15) is 14.9 Å². The van der Waals surface area contributed by atoms with Crippen LogP contribution in [0.1, 0.15) is 18.3 Å². The zero-order chi connectivity index (χ0) is 27.1. The number of morpholine rings is 1. The molecule has 0 N–H and O–H groups in total. The second kappa shape index (κ2) is 10.7. The first-order valence-electron chi connectivity index (χ1n) is 12.3. The van der Waals surface area contributed by atoms with Crippen molar-refractivity contribution in [1.29, 1.82) is 0 Å². The SMILES string of the molecule is CCN1CCN(Cc2nc3sc(S(=O)(=O)N4CCOCC4)cc3c(=O)n2-c2ccccc2C(F)(F)F)CC1. The van der Waals surface area contributed by atoms with E-state index in [-0.39, 0.29) is 58.8 Å². The predicted molar refractivity (Wildman–Crippen MR) is 137 cm³/mol. The Hall–Kier alpha value is -2.36. The van der Waals surface area contributed by atoms with Crippen LogP contribution in [0, 0.1) is 0 Å².